The van der Waals surface area contributed by atoms with Gasteiger partial charge >= 0.3 is 0 Å². The zero-order valence-corrected chi connectivity index (χ0v) is 12.8. The molecule has 7 heteroatoms. The number of hydrogen-bond acceptors (Lipinski definition) is 5. The maximum absolute atomic E-state index is 11.6. The van der Waals surface area contributed by atoms with E-state index in [-0.39, 0.29) is 0 Å². The first-order valence-corrected chi connectivity index (χ1v) is 8.92. The molecule has 19 heavy (non-hydrogen) atoms. The van der Waals surface area contributed by atoms with Crippen LogP contribution in [-0.4, -0.2) is 81.7 Å². The summed E-state index contributed by atoms with van der Waals surface area (Å²) in [4.78, 5) is 2.32. The maximum Gasteiger partial charge on any atom is 0.211 e. The molecule has 0 aromatic heterocycles. The minimum Gasteiger partial charge on any atom is -0.304 e. The lowest BCUT2D eigenvalue weighted by atomic mass is 10.00. The smallest absolute Gasteiger partial charge is 0.211 e. The molecule has 0 saturated carbocycles. The van der Waals surface area contributed by atoms with Gasteiger partial charge in [-0.3, -0.25) is 5.43 Å². The van der Waals surface area contributed by atoms with Gasteiger partial charge in [0.2, 0.25) is 10.0 Å². The van der Waals surface area contributed by atoms with Crippen molar-refractivity contribution in [3.63, 3.8) is 0 Å². The van der Waals surface area contributed by atoms with E-state index in [1.54, 1.807) is 4.31 Å². The summed E-state index contributed by atoms with van der Waals surface area (Å²) in [5, 5.41) is 2.26. The minimum absolute atomic E-state index is 0.433. The summed E-state index contributed by atoms with van der Waals surface area (Å²) < 4.78 is 24.7. The largest absolute Gasteiger partial charge is 0.304 e. The van der Waals surface area contributed by atoms with Gasteiger partial charge in [0.1, 0.15) is 0 Å². The molecule has 0 aromatic rings. The summed E-state index contributed by atoms with van der Waals surface area (Å²) in [6.45, 7) is 6.50. The van der Waals surface area contributed by atoms with Crippen LogP contribution in [0.5, 0.6) is 0 Å². The van der Waals surface area contributed by atoms with Crippen LogP contribution in [0, 0.1) is 5.92 Å². The summed E-state index contributed by atoms with van der Waals surface area (Å²) in [5.41, 5.74) is 3.47. The van der Waals surface area contributed by atoms with Crippen molar-refractivity contribution >= 4 is 10.0 Å². The summed E-state index contributed by atoms with van der Waals surface area (Å²) in [6, 6.07) is 0. The Kier molecular flexibility index (Phi) is 5.19. The quantitative estimate of drug-likeness (QED) is 0.750. The van der Waals surface area contributed by atoms with Gasteiger partial charge in [-0.1, -0.05) is 0 Å². The molecule has 2 aliphatic rings. The Labute approximate surface area is 116 Å². The van der Waals surface area contributed by atoms with Crippen molar-refractivity contribution in [3.8, 4) is 0 Å². The lowest BCUT2D eigenvalue weighted by molar-refractivity contribution is 0.0919. The van der Waals surface area contributed by atoms with Gasteiger partial charge in [-0.05, 0) is 25.8 Å². The molecule has 0 aromatic carbocycles. The predicted octanol–water partition coefficient (Wildman–Crippen LogP) is -0.590. The predicted molar refractivity (Wildman–Crippen MR) is 76.2 cm³/mol. The van der Waals surface area contributed by atoms with Gasteiger partial charge in [-0.2, -0.15) is 0 Å². The van der Waals surface area contributed by atoms with Gasteiger partial charge in [0.05, 0.1) is 6.26 Å². The van der Waals surface area contributed by atoms with Gasteiger partial charge in [0, 0.05) is 45.8 Å². The molecule has 6 nitrogen and oxygen atoms in total. The number of sulfonamides is 1. The molecule has 112 valence electrons. The number of hydrazine groups is 1. The molecule has 2 rings (SSSR count). The standard InChI is InChI=1S/C12H26N4O2S/c1-14-6-8-15(9-7-14)13-10-12-4-3-5-16(11-12)19(2,17)18/h12-13H,3-11H2,1-2H3. The number of nitrogens with zero attached hydrogens (tertiary/aromatic N) is 3. The normalized spacial score (nSPS) is 28.6. The Morgan fingerprint density at radius 1 is 1.16 bits per heavy atom. The summed E-state index contributed by atoms with van der Waals surface area (Å²) in [6.07, 6.45) is 3.40. The van der Waals surface area contributed by atoms with Crippen LogP contribution in [0.3, 0.4) is 0 Å². The molecular formula is C12H26N4O2S. The number of hydrogen-bond donors (Lipinski definition) is 1. The Morgan fingerprint density at radius 3 is 2.47 bits per heavy atom. The van der Waals surface area contributed by atoms with E-state index >= 15 is 0 Å². The Morgan fingerprint density at radius 2 is 1.84 bits per heavy atom. The fourth-order valence-electron chi connectivity index (χ4n) is 2.72. The van der Waals surface area contributed by atoms with Gasteiger partial charge in [-0.25, -0.2) is 17.7 Å². The second-order valence-electron chi connectivity index (χ2n) is 5.78. The second kappa shape index (κ2) is 6.49. The molecule has 1 atom stereocenters. The lowest BCUT2D eigenvalue weighted by Crippen LogP contribution is -2.53. The van der Waals surface area contributed by atoms with Crippen molar-refractivity contribution < 1.29 is 8.42 Å². The van der Waals surface area contributed by atoms with Crippen molar-refractivity contribution in [2.45, 2.75) is 12.8 Å². The fourth-order valence-corrected chi connectivity index (χ4v) is 3.66. The minimum atomic E-state index is -3.02. The average molecular weight is 290 g/mol. The number of nitrogens with one attached hydrogen (secondary N) is 1. The van der Waals surface area contributed by atoms with Crippen LogP contribution >= 0.6 is 0 Å². The SMILES string of the molecule is CN1CCN(NCC2CCCN(S(C)(=O)=O)C2)CC1. The van der Waals surface area contributed by atoms with Crippen LogP contribution in [0.15, 0.2) is 0 Å². The molecule has 0 radical (unpaired) electrons. The number of piperidine rings is 1. The van der Waals surface area contributed by atoms with E-state index in [0.29, 0.717) is 19.0 Å². The molecule has 1 N–H and O–H groups in total. The van der Waals surface area contributed by atoms with E-state index < -0.39 is 10.0 Å². The van der Waals surface area contributed by atoms with E-state index in [0.717, 1.165) is 45.6 Å². The van der Waals surface area contributed by atoms with Crippen molar-refractivity contribution in [2.24, 2.45) is 5.92 Å². The number of rotatable bonds is 4. The molecule has 0 aliphatic carbocycles. The Hall–Kier alpha value is -0.210. The first-order chi connectivity index (χ1) is 8.95. The third kappa shape index (κ3) is 4.68. The molecule has 0 spiro atoms. The highest BCUT2D eigenvalue weighted by atomic mass is 32.2. The maximum atomic E-state index is 11.6. The highest BCUT2D eigenvalue weighted by Crippen LogP contribution is 2.18. The van der Waals surface area contributed by atoms with E-state index in [9.17, 15) is 8.42 Å². The van der Waals surface area contributed by atoms with Crippen molar-refractivity contribution in [3.05, 3.63) is 0 Å². The molecule has 2 heterocycles. The molecular weight excluding hydrogens is 264 g/mol. The number of piperazine rings is 1. The van der Waals surface area contributed by atoms with Gasteiger partial charge < -0.3 is 4.90 Å². The van der Waals surface area contributed by atoms with Crippen LogP contribution in [0.4, 0.5) is 0 Å². The average Bonchev–Trinajstić information content (AvgIpc) is 2.37. The van der Waals surface area contributed by atoms with Crippen molar-refractivity contribution in [2.75, 3.05) is 59.1 Å². The summed E-state index contributed by atoms with van der Waals surface area (Å²) >= 11 is 0. The van der Waals surface area contributed by atoms with E-state index in [1.807, 2.05) is 0 Å². The van der Waals surface area contributed by atoms with E-state index in [1.165, 1.54) is 6.26 Å². The Balaban J connectivity index is 1.74. The van der Waals surface area contributed by atoms with Gasteiger partial charge in [0.25, 0.3) is 0 Å². The zero-order valence-electron chi connectivity index (χ0n) is 12.0. The Bertz CT molecular complexity index is 379. The molecule has 1 unspecified atom stereocenters. The lowest BCUT2D eigenvalue weighted by Gasteiger charge is -2.36. The van der Waals surface area contributed by atoms with Crippen LogP contribution in [0.2, 0.25) is 0 Å². The monoisotopic (exact) mass is 290 g/mol. The third-order valence-corrected chi connectivity index (χ3v) is 5.33. The van der Waals surface area contributed by atoms with Crippen LogP contribution in [0.1, 0.15) is 12.8 Å². The first-order valence-electron chi connectivity index (χ1n) is 7.07. The molecule has 0 bridgehead atoms. The van der Waals surface area contributed by atoms with Crippen LogP contribution in [0.25, 0.3) is 0 Å². The number of likely N-dealkylation sites (N-methyl/N-ethyl adjacent to an activating group) is 1. The summed E-state index contributed by atoms with van der Waals surface area (Å²) in [5.74, 6) is 0.433. The van der Waals surface area contributed by atoms with E-state index in [4.69, 9.17) is 0 Å². The highest BCUT2D eigenvalue weighted by molar-refractivity contribution is 7.88. The van der Waals surface area contributed by atoms with Crippen LogP contribution < -0.4 is 5.43 Å². The topological polar surface area (TPSA) is 55.9 Å². The van der Waals surface area contributed by atoms with Gasteiger partial charge in [-0.15, -0.1) is 0 Å². The van der Waals surface area contributed by atoms with Crippen LogP contribution in [-0.2, 0) is 10.0 Å². The molecule has 2 aliphatic heterocycles. The summed E-state index contributed by atoms with van der Waals surface area (Å²) in [7, 11) is -0.883. The zero-order chi connectivity index (χ0) is 13.9. The molecule has 2 saturated heterocycles. The first kappa shape index (κ1) is 15.2. The fraction of sp³-hybridized carbons (Fsp3) is 1.00. The van der Waals surface area contributed by atoms with E-state index in [2.05, 4.69) is 22.4 Å². The molecule has 2 fully saturated rings. The highest BCUT2D eigenvalue weighted by Gasteiger charge is 2.26. The van der Waals surface area contributed by atoms with Crippen molar-refractivity contribution in [1.82, 2.24) is 19.6 Å². The van der Waals surface area contributed by atoms with Gasteiger partial charge in [0.15, 0.2) is 0 Å². The second-order valence-corrected chi connectivity index (χ2v) is 7.76. The van der Waals surface area contributed by atoms with Crippen molar-refractivity contribution in [1.29, 1.82) is 0 Å². The third-order valence-electron chi connectivity index (χ3n) is 4.06. The molecule has 0 amide bonds.